The van der Waals surface area contributed by atoms with Crippen LogP contribution in [-0.4, -0.2) is 24.4 Å². The van der Waals surface area contributed by atoms with Gasteiger partial charge in [-0.15, -0.1) is 0 Å². The van der Waals surface area contributed by atoms with E-state index in [0.29, 0.717) is 6.61 Å². The number of benzene rings is 1. The van der Waals surface area contributed by atoms with Crippen LogP contribution in [0.4, 0.5) is 0 Å². The van der Waals surface area contributed by atoms with Crippen molar-refractivity contribution in [1.29, 1.82) is 0 Å². The Morgan fingerprint density at radius 3 is 3.06 bits per heavy atom. The van der Waals surface area contributed by atoms with Crippen molar-refractivity contribution >= 4 is 0 Å². The molecule has 3 atom stereocenters. The molecule has 2 heterocycles. The summed E-state index contributed by atoms with van der Waals surface area (Å²) in [5.41, 5.74) is 2.21. The minimum atomic E-state index is -0.404. The minimum absolute atomic E-state index is 0.243. The van der Waals surface area contributed by atoms with E-state index < -0.39 is 6.10 Å². The van der Waals surface area contributed by atoms with Crippen molar-refractivity contribution in [3.63, 3.8) is 0 Å². The van der Waals surface area contributed by atoms with Gasteiger partial charge in [-0.1, -0.05) is 6.07 Å². The summed E-state index contributed by atoms with van der Waals surface area (Å²) in [5, 5.41) is 10.3. The fourth-order valence-corrected chi connectivity index (χ4v) is 2.70. The fourth-order valence-electron chi connectivity index (χ4n) is 2.70. The molecule has 1 aromatic rings. The number of aliphatic hydroxyl groups excluding tert-OH is 1. The Balaban J connectivity index is 1.82. The van der Waals surface area contributed by atoms with Crippen molar-refractivity contribution in [3.8, 4) is 5.75 Å². The number of hydrogen-bond donors (Lipinski definition) is 1. The predicted octanol–water partition coefficient (Wildman–Crippen LogP) is 2.08. The Kier molecular flexibility index (Phi) is 2.81. The van der Waals surface area contributed by atoms with Gasteiger partial charge >= 0.3 is 0 Å². The van der Waals surface area contributed by atoms with E-state index in [-0.39, 0.29) is 12.0 Å². The molecule has 17 heavy (non-hydrogen) atoms. The van der Waals surface area contributed by atoms with Gasteiger partial charge in [0.25, 0.3) is 0 Å². The summed E-state index contributed by atoms with van der Waals surface area (Å²) >= 11 is 0. The first-order valence-electron chi connectivity index (χ1n) is 6.29. The number of rotatable bonds is 2. The molecule has 3 rings (SSSR count). The third kappa shape index (κ3) is 2.05. The molecule has 0 aliphatic carbocycles. The third-order valence-electron chi connectivity index (χ3n) is 3.67. The van der Waals surface area contributed by atoms with Gasteiger partial charge in [0.05, 0.1) is 12.7 Å². The van der Waals surface area contributed by atoms with Crippen LogP contribution in [0, 0.1) is 5.92 Å². The average molecular weight is 234 g/mol. The summed E-state index contributed by atoms with van der Waals surface area (Å²) in [4.78, 5) is 0. The number of fused-ring (bicyclic) bond motifs is 1. The molecule has 1 aromatic carbocycles. The molecule has 3 unspecified atom stereocenters. The number of ether oxygens (including phenoxy) is 2. The lowest BCUT2D eigenvalue weighted by molar-refractivity contribution is 0.0917. The van der Waals surface area contributed by atoms with Crippen LogP contribution in [0.5, 0.6) is 5.75 Å². The Bertz CT molecular complexity index is 410. The first-order valence-corrected chi connectivity index (χ1v) is 6.29. The van der Waals surface area contributed by atoms with Gasteiger partial charge < -0.3 is 14.6 Å². The van der Waals surface area contributed by atoms with Crippen LogP contribution in [-0.2, 0) is 11.2 Å². The zero-order valence-electron chi connectivity index (χ0n) is 10.1. The van der Waals surface area contributed by atoms with Crippen molar-refractivity contribution in [2.24, 2.45) is 5.92 Å². The van der Waals surface area contributed by atoms with Crippen LogP contribution in [0.25, 0.3) is 0 Å². The highest BCUT2D eigenvalue weighted by Gasteiger charge is 2.27. The van der Waals surface area contributed by atoms with Gasteiger partial charge in [0.1, 0.15) is 11.9 Å². The van der Waals surface area contributed by atoms with E-state index >= 15 is 0 Å². The largest absolute Gasteiger partial charge is 0.490 e. The van der Waals surface area contributed by atoms with Crippen molar-refractivity contribution < 1.29 is 14.6 Å². The second-order valence-electron chi connectivity index (χ2n) is 5.07. The van der Waals surface area contributed by atoms with Crippen LogP contribution in [0.1, 0.15) is 30.6 Å². The van der Waals surface area contributed by atoms with E-state index in [0.717, 1.165) is 30.8 Å². The maximum atomic E-state index is 10.3. The second-order valence-corrected chi connectivity index (χ2v) is 5.07. The smallest absolute Gasteiger partial charge is 0.123 e. The van der Waals surface area contributed by atoms with E-state index in [9.17, 15) is 5.11 Å². The fraction of sp³-hybridized carbons (Fsp3) is 0.571. The van der Waals surface area contributed by atoms with Gasteiger partial charge in [-0.3, -0.25) is 0 Å². The SMILES string of the molecule is CC1Cc2cc(C(O)C3CCOC3)ccc2O1. The van der Waals surface area contributed by atoms with Crippen LogP contribution >= 0.6 is 0 Å². The molecule has 0 radical (unpaired) electrons. The summed E-state index contributed by atoms with van der Waals surface area (Å²) < 4.78 is 11.0. The maximum absolute atomic E-state index is 10.3. The Morgan fingerprint density at radius 2 is 2.29 bits per heavy atom. The average Bonchev–Trinajstić information content (AvgIpc) is 2.94. The van der Waals surface area contributed by atoms with E-state index in [4.69, 9.17) is 9.47 Å². The molecule has 0 saturated carbocycles. The highest BCUT2D eigenvalue weighted by molar-refractivity contribution is 5.41. The van der Waals surface area contributed by atoms with E-state index in [2.05, 4.69) is 13.0 Å². The third-order valence-corrected chi connectivity index (χ3v) is 3.67. The zero-order valence-corrected chi connectivity index (χ0v) is 10.1. The standard InChI is InChI=1S/C14H18O3/c1-9-6-12-7-10(2-3-13(12)17-9)14(15)11-4-5-16-8-11/h2-3,7,9,11,14-15H,4-6,8H2,1H3. The summed E-state index contributed by atoms with van der Waals surface area (Å²) in [6.07, 6.45) is 1.74. The molecule has 0 bridgehead atoms. The van der Waals surface area contributed by atoms with Crippen LogP contribution in [0.3, 0.4) is 0 Å². The maximum Gasteiger partial charge on any atom is 0.123 e. The van der Waals surface area contributed by atoms with E-state index in [1.54, 1.807) is 0 Å². The van der Waals surface area contributed by atoms with Gasteiger partial charge in [-0.2, -0.15) is 0 Å². The van der Waals surface area contributed by atoms with Crippen LogP contribution in [0.2, 0.25) is 0 Å². The predicted molar refractivity (Wildman–Crippen MR) is 64.1 cm³/mol. The summed E-state index contributed by atoms with van der Waals surface area (Å²) in [7, 11) is 0. The van der Waals surface area contributed by atoms with Crippen molar-refractivity contribution in [3.05, 3.63) is 29.3 Å². The molecule has 0 aromatic heterocycles. The first-order chi connectivity index (χ1) is 8.24. The van der Waals surface area contributed by atoms with Crippen molar-refractivity contribution in [1.82, 2.24) is 0 Å². The highest BCUT2D eigenvalue weighted by atomic mass is 16.5. The molecule has 1 fully saturated rings. The Labute approximate surface area is 101 Å². The normalized spacial score (nSPS) is 28.8. The molecule has 3 heteroatoms. The lowest BCUT2D eigenvalue weighted by Crippen LogP contribution is -2.12. The first kappa shape index (κ1) is 11.1. The van der Waals surface area contributed by atoms with Crippen molar-refractivity contribution in [2.45, 2.75) is 32.0 Å². The molecule has 0 spiro atoms. The summed E-state index contributed by atoms with van der Waals surface area (Å²) in [6.45, 7) is 3.51. The summed E-state index contributed by atoms with van der Waals surface area (Å²) in [5.74, 6) is 1.21. The Morgan fingerprint density at radius 1 is 1.41 bits per heavy atom. The Hall–Kier alpha value is -1.06. The lowest BCUT2D eigenvalue weighted by atomic mass is 9.93. The van der Waals surface area contributed by atoms with Crippen LogP contribution in [0.15, 0.2) is 18.2 Å². The molecule has 92 valence electrons. The molecule has 0 amide bonds. The van der Waals surface area contributed by atoms with Gasteiger partial charge in [0, 0.05) is 18.9 Å². The number of aliphatic hydroxyl groups is 1. The van der Waals surface area contributed by atoms with Crippen molar-refractivity contribution in [2.75, 3.05) is 13.2 Å². The van der Waals surface area contributed by atoms with Gasteiger partial charge in [-0.05, 0) is 36.6 Å². The second kappa shape index (κ2) is 4.31. The van der Waals surface area contributed by atoms with E-state index in [1.807, 2.05) is 12.1 Å². The van der Waals surface area contributed by atoms with Gasteiger partial charge in [0.15, 0.2) is 0 Å². The topological polar surface area (TPSA) is 38.7 Å². The highest BCUT2D eigenvalue weighted by Crippen LogP contribution is 2.34. The van der Waals surface area contributed by atoms with E-state index in [1.165, 1.54) is 5.56 Å². The molecule has 3 nitrogen and oxygen atoms in total. The quantitative estimate of drug-likeness (QED) is 0.851. The molecule has 2 aliphatic rings. The molecular formula is C14H18O3. The molecule has 1 saturated heterocycles. The molecule has 2 aliphatic heterocycles. The lowest BCUT2D eigenvalue weighted by Gasteiger charge is -2.17. The van der Waals surface area contributed by atoms with Gasteiger partial charge in [0.2, 0.25) is 0 Å². The molecule has 1 N–H and O–H groups in total. The summed E-state index contributed by atoms with van der Waals surface area (Å²) in [6, 6.07) is 6.04. The van der Waals surface area contributed by atoms with Crippen LogP contribution < -0.4 is 4.74 Å². The number of hydrogen-bond acceptors (Lipinski definition) is 3. The zero-order chi connectivity index (χ0) is 11.8. The molecular weight excluding hydrogens is 216 g/mol. The monoisotopic (exact) mass is 234 g/mol. The minimum Gasteiger partial charge on any atom is -0.490 e. The van der Waals surface area contributed by atoms with Gasteiger partial charge in [-0.25, -0.2) is 0 Å².